The maximum atomic E-state index is 12.7. The minimum absolute atomic E-state index is 0.127. The molecule has 3 amide bonds. The summed E-state index contributed by atoms with van der Waals surface area (Å²) in [7, 11) is 0. The summed E-state index contributed by atoms with van der Waals surface area (Å²) in [5.74, 6) is -0.774. The molecule has 0 saturated carbocycles. The zero-order valence-corrected chi connectivity index (χ0v) is 17.3. The van der Waals surface area contributed by atoms with Gasteiger partial charge in [-0.3, -0.25) is 4.79 Å². The van der Waals surface area contributed by atoms with Crippen LogP contribution >= 0.6 is 11.6 Å². The molecule has 1 saturated heterocycles. The van der Waals surface area contributed by atoms with Gasteiger partial charge in [0.2, 0.25) is 5.88 Å². The number of benzene rings is 1. The number of ether oxygens (including phenoxy) is 1. The van der Waals surface area contributed by atoms with Crippen LogP contribution < -0.4 is 10.1 Å². The number of halogens is 4. The fourth-order valence-electron chi connectivity index (χ4n) is 3.02. The minimum atomic E-state index is -4.52. The number of aryl methyl sites for hydroxylation is 1. The van der Waals surface area contributed by atoms with E-state index >= 15 is 0 Å². The molecule has 7 nitrogen and oxygen atoms in total. The number of carbonyl (C=O) groups is 2. The predicted molar refractivity (Wildman–Crippen MR) is 108 cm³/mol. The van der Waals surface area contributed by atoms with E-state index < -0.39 is 18.7 Å². The molecule has 1 aliphatic rings. The Bertz CT molecular complexity index is 963. The normalized spacial score (nSPS) is 14.4. The van der Waals surface area contributed by atoms with Crippen LogP contribution in [0.2, 0.25) is 5.02 Å². The molecule has 0 aliphatic carbocycles. The molecule has 1 aliphatic heterocycles. The van der Waals surface area contributed by atoms with Gasteiger partial charge in [-0.1, -0.05) is 23.7 Å². The van der Waals surface area contributed by atoms with E-state index in [9.17, 15) is 22.8 Å². The first-order valence-corrected chi connectivity index (χ1v) is 9.77. The molecular formula is C20H20ClF3N4O3. The number of hydrogen-bond acceptors (Lipinski definition) is 4. The van der Waals surface area contributed by atoms with Gasteiger partial charge in [-0.2, -0.15) is 13.2 Å². The summed E-state index contributed by atoms with van der Waals surface area (Å²) in [5, 5.41) is 2.64. The standard InChI is InChI=1S/C20H20ClF3N4O3/c1-13-3-2-4-15(9-13)26-19(30)28-7-5-27(6-8-28)18(29)14-10-16(21)17(25-11-14)31-12-20(22,23)24/h2-4,9-11H,5-8,12H2,1H3,(H,26,30). The van der Waals surface area contributed by atoms with Gasteiger partial charge in [0.1, 0.15) is 5.02 Å². The van der Waals surface area contributed by atoms with Crippen molar-refractivity contribution in [2.75, 3.05) is 38.1 Å². The molecule has 1 fully saturated rings. The average Bonchev–Trinajstić information content (AvgIpc) is 2.72. The van der Waals surface area contributed by atoms with Crippen molar-refractivity contribution in [2.24, 2.45) is 0 Å². The molecule has 0 bridgehead atoms. The Morgan fingerprint density at radius 2 is 1.84 bits per heavy atom. The van der Waals surface area contributed by atoms with Gasteiger partial charge in [-0.15, -0.1) is 0 Å². The summed E-state index contributed by atoms with van der Waals surface area (Å²) in [6.07, 6.45) is -3.40. The highest BCUT2D eigenvalue weighted by atomic mass is 35.5. The molecule has 166 valence electrons. The highest BCUT2D eigenvalue weighted by Crippen LogP contribution is 2.25. The van der Waals surface area contributed by atoms with Crippen LogP contribution in [-0.2, 0) is 0 Å². The SMILES string of the molecule is Cc1cccc(NC(=O)N2CCN(C(=O)c3cnc(OCC(F)(F)F)c(Cl)c3)CC2)c1. The summed E-state index contributed by atoms with van der Waals surface area (Å²) < 4.78 is 41.3. The number of alkyl halides is 3. The van der Waals surface area contributed by atoms with Crippen molar-refractivity contribution in [3.63, 3.8) is 0 Å². The third kappa shape index (κ3) is 6.24. The van der Waals surface area contributed by atoms with Gasteiger partial charge in [-0.05, 0) is 30.7 Å². The zero-order chi connectivity index (χ0) is 22.6. The van der Waals surface area contributed by atoms with Crippen molar-refractivity contribution < 1.29 is 27.5 Å². The van der Waals surface area contributed by atoms with E-state index in [1.807, 2.05) is 25.1 Å². The number of aromatic nitrogens is 1. The van der Waals surface area contributed by atoms with E-state index in [1.54, 1.807) is 11.0 Å². The minimum Gasteiger partial charge on any atom is -0.467 e. The van der Waals surface area contributed by atoms with Gasteiger partial charge in [0, 0.05) is 38.1 Å². The molecule has 1 N–H and O–H groups in total. The Kier molecular flexibility index (Phi) is 6.89. The second-order valence-electron chi connectivity index (χ2n) is 6.99. The summed E-state index contributed by atoms with van der Waals surface area (Å²) in [5.41, 5.74) is 1.84. The maximum Gasteiger partial charge on any atom is 0.422 e. The van der Waals surface area contributed by atoms with E-state index in [0.717, 1.165) is 11.8 Å². The lowest BCUT2D eigenvalue weighted by Crippen LogP contribution is -2.51. The van der Waals surface area contributed by atoms with Crippen LogP contribution in [0, 0.1) is 6.92 Å². The van der Waals surface area contributed by atoms with Crippen molar-refractivity contribution in [1.82, 2.24) is 14.8 Å². The lowest BCUT2D eigenvalue weighted by Gasteiger charge is -2.34. The average molecular weight is 457 g/mol. The number of piperazine rings is 1. The number of carbonyl (C=O) groups excluding carboxylic acids is 2. The molecule has 1 aromatic carbocycles. The molecule has 0 unspecified atom stereocenters. The topological polar surface area (TPSA) is 74.8 Å². The number of amides is 3. The molecule has 0 spiro atoms. The molecule has 11 heteroatoms. The van der Waals surface area contributed by atoms with Crippen LogP contribution in [0.15, 0.2) is 36.5 Å². The zero-order valence-electron chi connectivity index (χ0n) is 16.6. The van der Waals surface area contributed by atoms with Gasteiger partial charge in [-0.25, -0.2) is 9.78 Å². The van der Waals surface area contributed by atoms with Crippen molar-refractivity contribution in [1.29, 1.82) is 0 Å². The van der Waals surface area contributed by atoms with E-state index in [0.29, 0.717) is 31.9 Å². The Morgan fingerprint density at radius 1 is 1.16 bits per heavy atom. The van der Waals surface area contributed by atoms with Crippen molar-refractivity contribution >= 4 is 29.2 Å². The van der Waals surface area contributed by atoms with Gasteiger partial charge in [0.05, 0.1) is 5.56 Å². The molecule has 2 heterocycles. The number of anilines is 1. The third-order valence-corrected chi connectivity index (χ3v) is 4.82. The van der Waals surface area contributed by atoms with Crippen molar-refractivity contribution in [3.8, 4) is 5.88 Å². The Balaban J connectivity index is 1.55. The van der Waals surface area contributed by atoms with Crippen molar-refractivity contribution in [2.45, 2.75) is 13.1 Å². The maximum absolute atomic E-state index is 12.7. The predicted octanol–water partition coefficient (Wildman–Crippen LogP) is 3.97. The van der Waals surface area contributed by atoms with E-state index in [1.165, 1.54) is 11.0 Å². The largest absolute Gasteiger partial charge is 0.467 e. The first kappa shape index (κ1) is 22.7. The second-order valence-corrected chi connectivity index (χ2v) is 7.40. The highest BCUT2D eigenvalue weighted by molar-refractivity contribution is 6.32. The quantitative estimate of drug-likeness (QED) is 0.755. The Hall–Kier alpha value is -3.01. The van der Waals surface area contributed by atoms with Crippen molar-refractivity contribution in [3.05, 3.63) is 52.7 Å². The molecule has 0 atom stereocenters. The number of nitrogens with one attached hydrogen (secondary N) is 1. The molecule has 1 aromatic heterocycles. The van der Waals surface area contributed by atoms with Gasteiger partial charge in [0.15, 0.2) is 6.61 Å². The van der Waals surface area contributed by atoms with Gasteiger partial charge >= 0.3 is 12.2 Å². The Morgan fingerprint density at radius 3 is 2.45 bits per heavy atom. The number of hydrogen-bond donors (Lipinski definition) is 1. The lowest BCUT2D eigenvalue weighted by atomic mass is 10.2. The molecule has 31 heavy (non-hydrogen) atoms. The smallest absolute Gasteiger partial charge is 0.422 e. The number of nitrogens with zero attached hydrogens (tertiary/aromatic N) is 3. The van der Waals surface area contributed by atoms with Crippen LogP contribution in [0.4, 0.5) is 23.7 Å². The van der Waals surface area contributed by atoms with E-state index in [-0.39, 0.29) is 22.5 Å². The van der Waals surface area contributed by atoms with E-state index in [4.69, 9.17) is 11.6 Å². The first-order chi connectivity index (χ1) is 14.6. The van der Waals surface area contributed by atoms with Crippen LogP contribution in [0.3, 0.4) is 0 Å². The first-order valence-electron chi connectivity index (χ1n) is 9.39. The van der Waals surface area contributed by atoms with Crippen LogP contribution in [0.5, 0.6) is 5.88 Å². The van der Waals surface area contributed by atoms with Crippen LogP contribution in [0.1, 0.15) is 15.9 Å². The molecular weight excluding hydrogens is 437 g/mol. The highest BCUT2D eigenvalue weighted by Gasteiger charge is 2.30. The van der Waals surface area contributed by atoms with Gasteiger partial charge < -0.3 is 19.9 Å². The molecule has 2 aromatic rings. The fraction of sp³-hybridized carbons (Fsp3) is 0.350. The summed E-state index contributed by atoms with van der Waals surface area (Å²) in [6, 6.07) is 8.39. The molecule has 3 rings (SSSR count). The van der Waals surface area contributed by atoms with Crippen LogP contribution in [0.25, 0.3) is 0 Å². The summed E-state index contributed by atoms with van der Waals surface area (Å²) >= 11 is 5.91. The number of pyridine rings is 1. The Labute approximate surface area is 181 Å². The van der Waals surface area contributed by atoms with Crippen LogP contribution in [-0.4, -0.2) is 65.7 Å². The number of rotatable bonds is 4. The summed E-state index contributed by atoms with van der Waals surface area (Å²) in [6.45, 7) is 1.65. The number of urea groups is 1. The van der Waals surface area contributed by atoms with Gasteiger partial charge in [0.25, 0.3) is 5.91 Å². The van der Waals surface area contributed by atoms with E-state index in [2.05, 4.69) is 15.0 Å². The lowest BCUT2D eigenvalue weighted by molar-refractivity contribution is -0.154. The summed E-state index contributed by atoms with van der Waals surface area (Å²) in [4.78, 5) is 32.0. The monoisotopic (exact) mass is 456 g/mol. The fourth-order valence-corrected chi connectivity index (χ4v) is 3.24. The third-order valence-electron chi connectivity index (χ3n) is 4.55. The second kappa shape index (κ2) is 9.42. The molecule has 0 radical (unpaired) electrons.